The van der Waals surface area contributed by atoms with Crippen molar-refractivity contribution in [3.05, 3.63) is 65.9 Å². The van der Waals surface area contributed by atoms with Crippen molar-refractivity contribution in [1.29, 1.82) is 0 Å². The van der Waals surface area contributed by atoms with E-state index in [-0.39, 0.29) is 6.61 Å². The fraction of sp³-hybridized carbons (Fsp3) is 0.320. The van der Waals surface area contributed by atoms with Crippen LogP contribution in [0.1, 0.15) is 31.2 Å². The summed E-state index contributed by atoms with van der Waals surface area (Å²) in [7, 11) is 0. The van der Waals surface area contributed by atoms with E-state index in [0.29, 0.717) is 12.6 Å². The van der Waals surface area contributed by atoms with Gasteiger partial charge in [-0.1, -0.05) is 36.4 Å². The summed E-state index contributed by atoms with van der Waals surface area (Å²) in [4.78, 5) is 17.1. The van der Waals surface area contributed by atoms with E-state index in [1.807, 2.05) is 12.3 Å². The van der Waals surface area contributed by atoms with Crippen LogP contribution in [0.3, 0.4) is 0 Å². The van der Waals surface area contributed by atoms with Crippen molar-refractivity contribution >= 4 is 33.2 Å². The molecule has 5 rings (SSSR count). The molecule has 3 aromatic heterocycles. The van der Waals surface area contributed by atoms with Crippen molar-refractivity contribution in [2.24, 2.45) is 0 Å². The summed E-state index contributed by atoms with van der Waals surface area (Å²) in [6.07, 6.45) is 7.90. The largest absolute Gasteiger partial charge is 0.396 e. The second-order valence-electron chi connectivity index (χ2n) is 8.15. The van der Waals surface area contributed by atoms with Crippen molar-refractivity contribution in [3.8, 4) is 11.1 Å². The zero-order chi connectivity index (χ0) is 21.8. The number of aliphatic hydroxyl groups is 1. The summed E-state index contributed by atoms with van der Waals surface area (Å²) < 4.78 is 0. The molecule has 32 heavy (non-hydrogen) atoms. The highest BCUT2D eigenvalue weighted by atomic mass is 32.1. The number of nitrogens with one attached hydrogen (secondary N) is 1. The molecular weight excluding hydrogens is 418 g/mol. The highest BCUT2D eigenvalue weighted by Gasteiger charge is 2.23. The zero-order valence-electron chi connectivity index (χ0n) is 17.9. The number of nitrogens with zero attached hydrogens (tertiary/aromatic N) is 4. The Bertz CT molecular complexity index is 1160. The predicted molar refractivity (Wildman–Crippen MR) is 131 cm³/mol. The molecule has 0 radical (unpaired) electrons. The Morgan fingerprint density at radius 3 is 2.78 bits per heavy atom. The maximum Gasteiger partial charge on any atom is 0.139 e. The average Bonchev–Trinajstić information content (AvgIpc) is 3.29. The van der Waals surface area contributed by atoms with Gasteiger partial charge in [-0.3, -0.25) is 0 Å². The number of anilines is 2. The monoisotopic (exact) mass is 445 g/mol. The van der Waals surface area contributed by atoms with E-state index >= 15 is 0 Å². The highest BCUT2D eigenvalue weighted by Crippen LogP contribution is 2.36. The Morgan fingerprint density at radius 2 is 1.97 bits per heavy atom. The van der Waals surface area contributed by atoms with Gasteiger partial charge in [0.1, 0.15) is 22.8 Å². The van der Waals surface area contributed by atoms with Crippen LogP contribution in [0, 0.1) is 0 Å². The van der Waals surface area contributed by atoms with Crippen LogP contribution in [-0.2, 0) is 6.54 Å². The molecule has 1 fully saturated rings. The van der Waals surface area contributed by atoms with Crippen molar-refractivity contribution in [1.82, 2.24) is 15.0 Å². The minimum absolute atomic E-state index is 0.226. The molecule has 164 valence electrons. The molecule has 6 nitrogen and oxygen atoms in total. The lowest BCUT2D eigenvalue weighted by molar-refractivity contribution is 0.262. The summed E-state index contributed by atoms with van der Waals surface area (Å²) in [6, 6.07) is 15.0. The molecule has 0 aliphatic carbocycles. The molecule has 0 unspecified atom stereocenters. The lowest BCUT2D eigenvalue weighted by atomic mass is 9.99. The maximum absolute atomic E-state index is 9.39. The van der Waals surface area contributed by atoms with Crippen LogP contribution in [0.2, 0.25) is 0 Å². The average molecular weight is 446 g/mol. The van der Waals surface area contributed by atoms with Crippen LogP contribution in [0.4, 0.5) is 11.6 Å². The van der Waals surface area contributed by atoms with Gasteiger partial charge in [-0.15, -0.1) is 11.3 Å². The van der Waals surface area contributed by atoms with Gasteiger partial charge in [-0.05, 0) is 42.9 Å². The molecule has 2 N–H and O–H groups in total. The number of pyridine rings is 1. The minimum Gasteiger partial charge on any atom is -0.396 e. The number of thiophene rings is 1. The van der Waals surface area contributed by atoms with E-state index in [0.717, 1.165) is 52.4 Å². The van der Waals surface area contributed by atoms with Crippen LogP contribution < -0.4 is 10.2 Å². The highest BCUT2D eigenvalue weighted by molar-refractivity contribution is 7.17. The van der Waals surface area contributed by atoms with E-state index in [4.69, 9.17) is 4.98 Å². The van der Waals surface area contributed by atoms with Gasteiger partial charge in [-0.25, -0.2) is 15.0 Å². The number of piperidine rings is 1. The first-order chi connectivity index (χ1) is 15.8. The molecule has 0 spiro atoms. The Balaban J connectivity index is 1.33. The number of aliphatic hydroxyl groups excluding tert-OH is 1. The number of aromatic nitrogens is 3. The number of hydrogen-bond acceptors (Lipinski definition) is 7. The molecule has 1 aromatic carbocycles. The molecule has 1 atom stereocenters. The third-order valence-corrected chi connectivity index (χ3v) is 6.99. The second kappa shape index (κ2) is 9.63. The van der Waals surface area contributed by atoms with E-state index in [9.17, 15) is 5.11 Å². The van der Waals surface area contributed by atoms with E-state index in [2.05, 4.69) is 62.0 Å². The minimum atomic E-state index is 0.226. The second-order valence-corrected chi connectivity index (χ2v) is 9.01. The SMILES string of the molecule is OCC[C@@H]1CCCCN1c1ccc(CNc2ncnc3scc(-c4ccccc4)c23)cn1. The summed E-state index contributed by atoms with van der Waals surface area (Å²) >= 11 is 1.64. The van der Waals surface area contributed by atoms with E-state index in [1.54, 1.807) is 17.7 Å². The molecular formula is C25H27N5OS. The first-order valence-electron chi connectivity index (χ1n) is 11.2. The lowest BCUT2D eigenvalue weighted by Gasteiger charge is -2.36. The standard InChI is InChI=1S/C25H27N5OS/c31-13-11-20-8-4-5-12-30(20)22-10-9-18(14-26-22)15-27-24-23-21(19-6-2-1-3-7-19)16-32-25(23)29-17-28-24/h1-3,6-7,9-10,14,16-17,20,31H,4-5,8,11-13,15H2,(H,27,28,29)/t20-/m0/s1. The van der Waals surface area contributed by atoms with Gasteiger partial charge in [0.05, 0.1) is 5.39 Å². The fourth-order valence-corrected chi connectivity index (χ4v) is 5.38. The molecule has 4 heterocycles. The van der Waals surface area contributed by atoms with E-state index in [1.165, 1.54) is 18.4 Å². The quantitative estimate of drug-likeness (QED) is 0.412. The number of rotatable bonds is 7. The summed E-state index contributed by atoms with van der Waals surface area (Å²) in [5, 5.41) is 16.1. The Morgan fingerprint density at radius 1 is 1.06 bits per heavy atom. The first-order valence-corrected chi connectivity index (χ1v) is 12.1. The first kappa shape index (κ1) is 20.8. The zero-order valence-corrected chi connectivity index (χ0v) is 18.8. The Labute approximate surface area is 192 Å². The smallest absolute Gasteiger partial charge is 0.139 e. The normalized spacial score (nSPS) is 16.4. The third-order valence-electron chi connectivity index (χ3n) is 6.11. The van der Waals surface area contributed by atoms with Gasteiger partial charge < -0.3 is 15.3 Å². The molecule has 0 saturated carbocycles. The van der Waals surface area contributed by atoms with Crippen molar-refractivity contribution in [2.45, 2.75) is 38.3 Å². The topological polar surface area (TPSA) is 74.2 Å². The number of benzene rings is 1. The molecule has 0 amide bonds. The molecule has 0 bridgehead atoms. The van der Waals surface area contributed by atoms with Gasteiger partial charge in [0.2, 0.25) is 0 Å². The van der Waals surface area contributed by atoms with Crippen LogP contribution in [0.15, 0.2) is 60.4 Å². The molecule has 1 aliphatic rings. The lowest BCUT2D eigenvalue weighted by Crippen LogP contribution is -2.40. The van der Waals surface area contributed by atoms with Gasteiger partial charge in [0, 0.05) is 42.9 Å². The summed E-state index contributed by atoms with van der Waals surface area (Å²) in [5.74, 6) is 1.85. The predicted octanol–water partition coefficient (Wildman–Crippen LogP) is 5.11. The van der Waals surface area contributed by atoms with Crippen molar-refractivity contribution < 1.29 is 5.11 Å². The number of fused-ring (bicyclic) bond motifs is 1. The Kier molecular flexibility index (Phi) is 6.27. The van der Waals surface area contributed by atoms with Crippen LogP contribution in [-0.4, -0.2) is 39.3 Å². The van der Waals surface area contributed by atoms with Gasteiger partial charge >= 0.3 is 0 Å². The molecule has 4 aromatic rings. The Hall–Kier alpha value is -3.03. The third kappa shape index (κ3) is 4.31. The molecule has 1 saturated heterocycles. The maximum atomic E-state index is 9.39. The number of hydrogen-bond donors (Lipinski definition) is 2. The van der Waals surface area contributed by atoms with Crippen LogP contribution in [0.25, 0.3) is 21.3 Å². The van der Waals surface area contributed by atoms with Gasteiger partial charge in [0.25, 0.3) is 0 Å². The van der Waals surface area contributed by atoms with Crippen LogP contribution in [0.5, 0.6) is 0 Å². The van der Waals surface area contributed by atoms with Crippen molar-refractivity contribution in [2.75, 3.05) is 23.4 Å². The van der Waals surface area contributed by atoms with Gasteiger partial charge in [0.15, 0.2) is 0 Å². The van der Waals surface area contributed by atoms with Gasteiger partial charge in [-0.2, -0.15) is 0 Å². The van der Waals surface area contributed by atoms with Crippen molar-refractivity contribution in [3.63, 3.8) is 0 Å². The van der Waals surface area contributed by atoms with Crippen LogP contribution >= 0.6 is 11.3 Å². The van der Waals surface area contributed by atoms with E-state index < -0.39 is 0 Å². The molecule has 1 aliphatic heterocycles. The summed E-state index contributed by atoms with van der Waals surface area (Å²) in [6.45, 7) is 1.88. The molecule has 7 heteroatoms. The fourth-order valence-electron chi connectivity index (χ4n) is 4.47. The summed E-state index contributed by atoms with van der Waals surface area (Å²) in [5.41, 5.74) is 3.43.